The minimum absolute atomic E-state index is 0.163. The van der Waals surface area contributed by atoms with Crippen LogP contribution in [0, 0.1) is 5.82 Å². The lowest BCUT2D eigenvalue weighted by Gasteiger charge is -2.42. The Labute approximate surface area is 171 Å². The molecule has 154 valence electrons. The minimum Gasteiger partial charge on any atom is -0.506 e. The van der Waals surface area contributed by atoms with E-state index >= 15 is 0 Å². The fourth-order valence-corrected chi connectivity index (χ4v) is 5.41. The van der Waals surface area contributed by atoms with E-state index in [-0.39, 0.29) is 17.6 Å². The zero-order chi connectivity index (χ0) is 19.8. The van der Waals surface area contributed by atoms with Gasteiger partial charge in [0.1, 0.15) is 17.4 Å². The van der Waals surface area contributed by atoms with Crippen molar-refractivity contribution in [1.29, 1.82) is 0 Å². The van der Waals surface area contributed by atoms with Gasteiger partial charge in [0.05, 0.1) is 17.8 Å². The van der Waals surface area contributed by atoms with Crippen molar-refractivity contribution in [1.82, 2.24) is 4.98 Å². The van der Waals surface area contributed by atoms with Crippen LogP contribution in [0.15, 0.2) is 36.5 Å². The smallest absolute Gasteiger partial charge is 0.139 e. The van der Waals surface area contributed by atoms with Crippen molar-refractivity contribution in [3.8, 4) is 5.75 Å². The SMILES string of the molecule is Oc1ccc(F)cc1N1CCC[C@@H]2[C@H]1CCN2c1cc(N2CCCCC2)ccn1. The number of halogens is 1. The zero-order valence-electron chi connectivity index (χ0n) is 16.8. The van der Waals surface area contributed by atoms with Crippen LogP contribution in [0.25, 0.3) is 0 Å². The van der Waals surface area contributed by atoms with Crippen molar-refractivity contribution in [2.45, 2.75) is 50.6 Å². The van der Waals surface area contributed by atoms with Crippen LogP contribution in [-0.4, -0.2) is 48.4 Å². The highest BCUT2D eigenvalue weighted by Crippen LogP contribution is 2.40. The van der Waals surface area contributed by atoms with E-state index in [4.69, 9.17) is 4.98 Å². The highest BCUT2D eigenvalue weighted by molar-refractivity contribution is 5.61. The molecule has 3 saturated heterocycles. The van der Waals surface area contributed by atoms with Gasteiger partial charge in [-0.05, 0) is 56.7 Å². The number of aromatic hydroxyl groups is 1. The molecule has 5 rings (SSSR count). The number of hydrogen-bond donors (Lipinski definition) is 1. The number of pyridine rings is 1. The number of anilines is 3. The third kappa shape index (κ3) is 3.49. The number of benzene rings is 1. The molecule has 0 unspecified atom stereocenters. The molecule has 0 aliphatic carbocycles. The van der Waals surface area contributed by atoms with Crippen LogP contribution in [0.3, 0.4) is 0 Å². The van der Waals surface area contributed by atoms with Crippen LogP contribution in [0.1, 0.15) is 38.5 Å². The molecule has 0 radical (unpaired) electrons. The number of hydrogen-bond acceptors (Lipinski definition) is 5. The van der Waals surface area contributed by atoms with E-state index in [0.717, 1.165) is 51.3 Å². The molecule has 0 spiro atoms. The second-order valence-electron chi connectivity index (χ2n) is 8.51. The third-order valence-corrected chi connectivity index (χ3v) is 6.80. The minimum atomic E-state index is -0.300. The molecular formula is C23H29FN4O. The van der Waals surface area contributed by atoms with Crippen LogP contribution >= 0.6 is 0 Å². The Kier molecular flexibility index (Phi) is 4.94. The third-order valence-electron chi connectivity index (χ3n) is 6.80. The molecule has 0 bridgehead atoms. The topological polar surface area (TPSA) is 42.8 Å². The quantitative estimate of drug-likeness (QED) is 0.844. The monoisotopic (exact) mass is 396 g/mol. The summed E-state index contributed by atoms with van der Waals surface area (Å²) in [6, 6.07) is 9.23. The summed E-state index contributed by atoms with van der Waals surface area (Å²) in [6.45, 7) is 4.05. The van der Waals surface area contributed by atoms with Gasteiger partial charge >= 0.3 is 0 Å². The summed E-state index contributed by atoms with van der Waals surface area (Å²) in [5, 5.41) is 10.3. The Bertz CT molecular complexity index is 870. The van der Waals surface area contributed by atoms with Crippen molar-refractivity contribution in [2.24, 2.45) is 0 Å². The summed E-state index contributed by atoms with van der Waals surface area (Å²) in [7, 11) is 0. The molecule has 0 amide bonds. The van der Waals surface area contributed by atoms with Gasteiger partial charge in [-0.1, -0.05) is 0 Å². The van der Waals surface area contributed by atoms with Crippen molar-refractivity contribution >= 4 is 17.2 Å². The summed E-state index contributed by atoms with van der Waals surface area (Å²) >= 11 is 0. The largest absolute Gasteiger partial charge is 0.506 e. The molecule has 3 aliphatic rings. The molecule has 2 atom stereocenters. The molecule has 3 fully saturated rings. The molecule has 4 heterocycles. The molecule has 0 saturated carbocycles. The lowest BCUT2D eigenvalue weighted by molar-refractivity contribution is 0.419. The number of phenols is 1. The summed E-state index contributed by atoms with van der Waals surface area (Å²) in [5.41, 5.74) is 1.89. The van der Waals surface area contributed by atoms with Gasteiger partial charge in [0.15, 0.2) is 0 Å². The van der Waals surface area contributed by atoms with Crippen molar-refractivity contribution in [2.75, 3.05) is 40.9 Å². The van der Waals surface area contributed by atoms with Gasteiger partial charge in [0.25, 0.3) is 0 Å². The second-order valence-corrected chi connectivity index (χ2v) is 8.51. The first-order valence-corrected chi connectivity index (χ1v) is 10.9. The standard InChI is InChI=1S/C23H29FN4O/c24-17-6-7-22(29)21(15-17)27-13-4-5-19-20(27)9-14-28(19)23-16-18(8-10-25-23)26-11-2-1-3-12-26/h6-8,10,15-16,19-20,29H,1-5,9,11-14H2/t19-,20-/m1/s1. The van der Waals surface area contributed by atoms with Crippen LogP contribution < -0.4 is 14.7 Å². The lowest BCUT2D eigenvalue weighted by Crippen LogP contribution is -2.50. The molecule has 1 aromatic heterocycles. The number of piperidine rings is 2. The van der Waals surface area contributed by atoms with Gasteiger partial charge < -0.3 is 19.8 Å². The molecule has 1 N–H and O–H groups in total. The van der Waals surface area contributed by atoms with Gasteiger partial charge in [-0.3, -0.25) is 0 Å². The van der Waals surface area contributed by atoms with Crippen LogP contribution in [0.4, 0.5) is 21.6 Å². The van der Waals surface area contributed by atoms with E-state index in [1.165, 1.54) is 43.1 Å². The summed E-state index contributed by atoms with van der Waals surface area (Å²) in [6.07, 6.45) is 8.91. The maximum atomic E-state index is 13.8. The molecule has 3 aliphatic heterocycles. The second kappa shape index (κ2) is 7.73. The first-order chi connectivity index (χ1) is 14.2. The Morgan fingerprint density at radius 1 is 0.862 bits per heavy atom. The fourth-order valence-electron chi connectivity index (χ4n) is 5.41. The van der Waals surface area contributed by atoms with Crippen LogP contribution in [0.2, 0.25) is 0 Å². The van der Waals surface area contributed by atoms with Crippen LogP contribution in [0.5, 0.6) is 5.75 Å². The van der Waals surface area contributed by atoms with Gasteiger partial charge in [0, 0.05) is 50.2 Å². The van der Waals surface area contributed by atoms with Gasteiger partial charge in [-0.15, -0.1) is 0 Å². The van der Waals surface area contributed by atoms with Crippen molar-refractivity contribution in [3.05, 3.63) is 42.3 Å². The summed E-state index contributed by atoms with van der Waals surface area (Å²) < 4.78 is 13.8. The van der Waals surface area contributed by atoms with Gasteiger partial charge in [-0.2, -0.15) is 0 Å². The predicted molar refractivity (Wildman–Crippen MR) is 114 cm³/mol. The van der Waals surface area contributed by atoms with E-state index in [1.54, 1.807) is 0 Å². The van der Waals surface area contributed by atoms with Gasteiger partial charge in [0.2, 0.25) is 0 Å². The highest BCUT2D eigenvalue weighted by Gasteiger charge is 2.41. The van der Waals surface area contributed by atoms with Crippen LogP contribution in [-0.2, 0) is 0 Å². The Morgan fingerprint density at radius 2 is 1.69 bits per heavy atom. The van der Waals surface area contributed by atoms with E-state index in [9.17, 15) is 9.50 Å². The average Bonchev–Trinajstić information content (AvgIpc) is 3.21. The number of aromatic nitrogens is 1. The Morgan fingerprint density at radius 3 is 2.55 bits per heavy atom. The Balaban J connectivity index is 1.39. The molecule has 29 heavy (non-hydrogen) atoms. The molecule has 1 aromatic carbocycles. The molecular weight excluding hydrogens is 367 g/mol. The first kappa shape index (κ1) is 18.5. The highest BCUT2D eigenvalue weighted by atomic mass is 19.1. The zero-order valence-corrected chi connectivity index (χ0v) is 16.8. The first-order valence-electron chi connectivity index (χ1n) is 10.9. The maximum Gasteiger partial charge on any atom is 0.139 e. The molecule has 6 heteroatoms. The van der Waals surface area contributed by atoms with E-state index < -0.39 is 0 Å². The number of nitrogens with zero attached hydrogens (tertiary/aromatic N) is 4. The van der Waals surface area contributed by atoms with Gasteiger partial charge in [-0.25, -0.2) is 9.37 Å². The molecule has 5 nitrogen and oxygen atoms in total. The fraction of sp³-hybridized carbons (Fsp3) is 0.522. The number of fused-ring (bicyclic) bond motifs is 1. The average molecular weight is 397 g/mol. The normalized spacial score (nSPS) is 24.7. The molecule has 2 aromatic rings. The van der Waals surface area contributed by atoms with E-state index in [1.807, 2.05) is 6.20 Å². The van der Waals surface area contributed by atoms with E-state index in [0.29, 0.717) is 11.7 Å². The lowest BCUT2D eigenvalue weighted by atomic mass is 9.96. The van der Waals surface area contributed by atoms with Crippen molar-refractivity contribution < 1.29 is 9.50 Å². The summed E-state index contributed by atoms with van der Waals surface area (Å²) in [5.74, 6) is 0.910. The number of phenolic OH excluding ortho intramolecular Hbond substituents is 1. The van der Waals surface area contributed by atoms with Crippen molar-refractivity contribution in [3.63, 3.8) is 0 Å². The summed E-state index contributed by atoms with van der Waals surface area (Å²) in [4.78, 5) is 11.8. The Hall–Kier alpha value is -2.50. The maximum absolute atomic E-state index is 13.8. The number of rotatable bonds is 3. The van der Waals surface area contributed by atoms with E-state index in [2.05, 4.69) is 26.8 Å². The predicted octanol–water partition coefficient (Wildman–Crippen LogP) is 4.16.